The molecule has 0 spiro atoms. The van der Waals surface area contributed by atoms with Crippen molar-refractivity contribution in [2.24, 2.45) is 0 Å². The van der Waals surface area contributed by atoms with Crippen LogP contribution in [-0.2, 0) is 4.79 Å². The molecule has 0 radical (unpaired) electrons. The predicted octanol–water partition coefficient (Wildman–Crippen LogP) is 1.71. The van der Waals surface area contributed by atoms with Gasteiger partial charge in [-0.15, -0.1) is 0 Å². The van der Waals surface area contributed by atoms with E-state index in [2.05, 4.69) is 5.32 Å². The molecule has 0 aliphatic rings. The van der Waals surface area contributed by atoms with Gasteiger partial charge in [-0.25, -0.2) is 9.18 Å². The number of hydrogen-bond donors (Lipinski definition) is 2. The highest BCUT2D eigenvalue weighted by Crippen LogP contribution is 2.10. The maximum Gasteiger partial charge on any atom is 0.317 e. The Morgan fingerprint density at radius 3 is 2.62 bits per heavy atom. The molecule has 0 atom stereocenters. The number of halogens is 1. The van der Waals surface area contributed by atoms with Gasteiger partial charge in [-0.3, -0.25) is 4.79 Å². The van der Waals surface area contributed by atoms with Crippen molar-refractivity contribution in [2.75, 3.05) is 26.7 Å². The van der Waals surface area contributed by atoms with Gasteiger partial charge >= 0.3 is 12.0 Å². The summed E-state index contributed by atoms with van der Waals surface area (Å²) in [5, 5.41) is 11.2. The highest BCUT2D eigenvalue weighted by molar-refractivity contribution is 5.74. The average molecular weight is 298 g/mol. The van der Waals surface area contributed by atoms with Gasteiger partial charge < -0.3 is 20.1 Å². The Kier molecular flexibility index (Phi) is 7.00. The Bertz CT molecular complexity index is 465. The van der Waals surface area contributed by atoms with Crippen molar-refractivity contribution in [1.82, 2.24) is 10.2 Å². The quantitative estimate of drug-likeness (QED) is 0.716. The number of hydrogen-bond acceptors (Lipinski definition) is 3. The number of carbonyl (C=O) groups excluding carboxylic acids is 1. The topological polar surface area (TPSA) is 78.9 Å². The fourth-order valence-corrected chi connectivity index (χ4v) is 1.49. The highest BCUT2D eigenvalue weighted by Gasteiger charge is 2.08. The van der Waals surface area contributed by atoms with Crippen molar-refractivity contribution < 1.29 is 23.8 Å². The molecule has 0 saturated heterocycles. The van der Waals surface area contributed by atoms with Crippen LogP contribution >= 0.6 is 0 Å². The molecule has 0 aliphatic carbocycles. The van der Waals surface area contributed by atoms with Gasteiger partial charge in [0.15, 0.2) is 0 Å². The van der Waals surface area contributed by atoms with E-state index in [1.54, 1.807) is 0 Å². The Balaban J connectivity index is 2.11. The van der Waals surface area contributed by atoms with Gasteiger partial charge in [0.2, 0.25) is 0 Å². The van der Waals surface area contributed by atoms with E-state index in [1.165, 1.54) is 36.2 Å². The number of aliphatic carboxylic acids is 1. The molecule has 0 bridgehead atoms. The van der Waals surface area contributed by atoms with E-state index in [4.69, 9.17) is 9.84 Å². The number of urea groups is 1. The minimum absolute atomic E-state index is 0.0857. The summed E-state index contributed by atoms with van der Waals surface area (Å²) in [6, 6.07) is 5.38. The maximum atomic E-state index is 12.7. The van der Waals surface area contributed by atoms with E-state index in [0.717, 1.165) is 0 Å². The number of nitrogens with zero attached hydrogens (tertiary/aromatic N) is 1. The molecule has 0 aromatic heterocycles. The number of nitrogens with one attached hydrogen (secondary N) is 1. The third-order valence-electron chi connectivity index (χ3n) is 2.69. The van der Waals surface area contributed by atoms with Gasteiger partial charge in [-0.05, 0) is 30.7 Å². The molecule has 1 aromatic rings. The van der Waals surface area contributed by atoms with E-state index < -0.39 is 5.97 Å². The van der Waals surface area contributed by atoms with E-state index in [-0.39, 0.29) is 24.8 Å². The van der Waals surface area contributed by atoms with Crippen LogP contribution in [0, 0.1) is 5.82 Å². The van der Waals surface area contributed by atoms with Crippen LogP contribution in [0.15, 0.2) is 24.3 Å². The van der Waals surface area contributed by atoms with Gasteiger partial charge in [0.05, 0.1) is 13.0 Å². The van der Waals surface area contributed by atoms with Gasteiger partial charge in [0, 0.05) is 20.1 Å². The van der Waals surface area contributed by atoms with Gasteiger partial charge in [-0.2, -0.15) is 0 Å². The molecule has 7 heteroatoms. The minimum Gasteiger partial charge on any atom is -0.494 e. The van der Waals surface area contributed by atoms with Crippen molar-refractivity contribution in [2.45, 2.75) is 12.8 Å². The highest BCUT2D eigenvalue weighted by atomic mass is 19.1. The van der Waals surface area contributed by atoms with Crippen LogP contribution < -0.4 is 10.1 Å². The molecule has 1 aromatic carbocycles. The first-order valence-corrected chi connectivity index (χ1v) is 6.58. The van der Waals surface area contributed by atoms with Gasteiger partial charge in [0.1, 0.15) is 11.6 Å². The molecule has 6 nitrogen and oxygen atoms in total. The van der Waals surface area contributed by atoms with Gasteiger partial charge in [0.25, 0.3) is 0 Å². The average Bonchev–Trinajstić information content (AvgIpc) is 2.46. The molecule has 0 unspecified atom stereocenters. The number of amides is 2. The van der Waals surface area contributed by atoms with E-state index in [0.29, 0.717) is 25.3 Å². The number of rotatable bonds is 8. The Hall–Kier alpha value is -2.31. The summed E-state index contributed by atoms with van der Waals surface area (Å²) in [4.78, 5) is 23.3. The standard InChI is InChI=1S/C14H19FN2O4/c1-17(9-7-13(18)19)14(20)16-8-2-10-21-12-5-3-11(15)4-6-12/h3-6H,2,7-10H2,1H3,(H,16,20)(H,18,19). The summed E-state index contributed by atoms with van der Waals surface area (Å²) in [7, 11) is 1.54. The van der Waals surface area contributed by atoms with Crippen molar-refractivity contribution >= 4 is 12.0 Å². The summed E-state index contributed by atoms with van der Waals surface area (Å²) in [6.07, 6.45) is 0.507. The zero-order chi connectivity index (χ0) is 15.7. The Morgan fingerprint density at radius 2 is 2.00 bits per heavy atom. The van der Waals surface area contributed by atoms with Crippen LogP contribution in [0.3, 0.4) is 0 Å². The molecule has 21 heavy (non-hydrogen) atoms. The molecule has 0 fully saturated rings. The zero-order valence-electron chi connectivity index (χ0n) is 11.8. The minimum atomic E-state index is -0.942. The fraction of sp³-hybridized carbons (Fsp3) is 0.429. The van der Waals surface area contributed by atoms with E-state index in [9.17, 15) is 14.0 Å². The lowest BCUT2D eigenvalue weighted by atomic mass is 10.3. The summed E-state index contributed by atoms with van der Waals surface area (Å²) in [5.41, 5.74) is 0. The largest absolute Gasteiger partial charge is 0.494 e. The molecule has 0 saturated carbocycles. The van der Waals surface area contributed by atoms with Crippen LogP contribution in [0.2, 0.25) is 0 Å². The van der Waals surface area contributed by atoms with Crippen molar-refractivity contribution in [1.29, 1.82) is 0 Å². The van der Waals surface area contributed by atoms with Crippen LogP contribution in [-0.4, -0.2) is 48.8 Å². The summed E-state index contributed by atoms with van der Waals surface area (Å²) in [6.45, 7) is 0.968. The lowest BCUT2D eigenvalue weighted by Crippen LogP contribution is -2.39. The second-order valence-electron chi connectivity index (χ2n) is 4.45. The molecule has 0 aliphatic heterocycles. The number of carboxylic acids is 1. The third-order valence-corrected chi connectivity index (χ3v) is 2.69. The summed E-state index contributed by atoms with van der Waals surface area (Å²) < 4.78 is 18.0. The van der Waals surface area contributed by atoms with E-state index in [1.807, 2.05) is 0 Å². The van der Waals surface area contributed by atoms with Crippen LogP contribution in [0.25, 0.3) is 0 Å². The molecule has 116 valence electrons. The summed E-state index contributed by atoms with van der Waals surface area (Å²) >= 11 is 0. The molecule has 0 heterocycles. The lowest BCUT2D eigenvalue weighted by molar-refractivity contribution is -0.137. The van der Waals surface area contributed by atoms with Crippen molar-refractivity contribution in [3.05, 3.63) is 30.1 Å². The van der Waals surface area contributed by atoms with Gasteiger partial charge in [-0.1, -0.05) is 0 Å². The molecule has 1 rings (SSSR count). The molecular weight excluding hydrogens is 279 g/mol. The zero-order valence-corrected chi connectivity index (χ0v) is 11.8. The smallest absolute Gasteiger partial charge is 0.317 e. The number of carbonyl (C=O) groups is 2. The first-order valence-electron chi connectivity index (χ1n) is 6.58. The number of benzene rings is 1. The predicted molar refractivity (Wildman–Crippen MR) is 74.8 cm³/mol. The normalized spacial score (nSPS) is 10.0. The Labute approximate surface area is 122 Å². The SMILES string of the molecule is CN(CCC(=O)O)C(=O)NCCCOc1ccc(F)cc1. The monoisotopic (exact) mass is 298 g/mol. The van der Waals surface area contributed by atoms with Crippen LogP contribution in [0.5, 0.6) is 5.75 Å². The maximum absolute atomic E-state index is 12.7. The first-order chi connectivity index (χ1) is 9.99. The Morgan fingerprint density at radius 1 is 1.33 bits per heavy atom. The molecule has 2 amide bonds. The van der Waals surface area contributed by atoms with Crippen LogP contribution in [0.1, 0.15) is 12.8 Å². The molecule has 2 N–H and O–H groups in total. The molecular formula is C14H19FN2O4. The number of ether oxygens (including phenoxy) is 1. The van der Waals surface area contributed by atoms with Crippen LogP contribution in [0.4, 0.5) is 9.18 Å². The fourth-order valence-electron chi connectivity index (χ4n) is 1.49. The number of carboxylic acid groups (broad SMARTS) is 1. The van der Waals surface area contributed by atoms with E-state index >= 15 is 0 Å². The summed E-state index contributed by atoms with van der Waals surface area (Å²) in [5.74, 6) is -0.692. The second kappa shape index (κ2) is 8.78. The third kappa shape index (κ3) is 7.14. The lowest BCUT2D eigenvalue weighted by Gasteiger charge is -2.16. The van der Waals surface area contributed by atoms with Crippen molar-refractivity contribution in [3.8, 4) is 5.75 Å². The van der Waals surface area contributed by atoms with Crippen molar-refractivity contribution in [3.63, 3.8) is 0 Å². The first kappa shape index (κ1) is 16.7. The second-order valence-corrected chi connectivity index (χ2v) is 4.45.